The first kappa shape index (κ1) is 13.6. The van der Waals surface area contributed by atoms with Crippen LogP contribution >= 0.6 is 0 Å². The van der Waals surface area contributed by atoms with Crippen LogP contribution in [0, 0.1) is 26.6 Å². The molecule has 0 radical (unpaired) electrons. The Balaban J connectivity index is 2.28. The van der Waals surface area contributed by atoms with Crippen molar-refractivity contribution in [3.63, 3.8) is 0 Å². The molecule has 0 aromatic heterocycles. The van der Waals surface area contributed by atoms with Crippen molar-refractivity contribution in [3.8, 4) is 0 Å². The van der Waals surface area contributed by atoms with Crippen LogP contribution in [0.15, 0.2) is 36.4 Å². The third-order valence-electron chi connectivity index (χ3n) is 3.33. The van der Waals surface area contributed by atoms with Gasteiger partial charge in [-0.05, 0) is 44.9 Å². The Hall–Kier alpha value is -1.83. The highest BCUT2D eigenvalue weighted by molar-refractivity contribution is 5.53. The molecule has 0 heterocycles. The van der Waals surface area contributed by atoms with Crippen molar-refractivity contribution >= 4 is 5.69 Å². The van der Waals surface area contributed by atoms with E-state index in [2.05, 4.69) is 44.3 Å². The zero-order valence-corrected chi connectivity index (χ0v) is 11.9. The number of halogens is 1. The predicted molar refractivity (Wildman–Crippen MR) is 79.1 cm³/mol. The lowest BCUT2D eigenvalue weighted by Gasteiger charge is -2.19. The Morgan fingerprint density at radius 2 is 1.63 bits per heavy atom. The zero-order valence-electron chi connectivity index (χ0n) is 11.9. The van der Waals surface area contributed by atoms with Gasteiger partial charge in [0.1, 0.15) is 5.82 Å². The largest absolute Gasteiger partial charge is 0.376 e. The lowest BCUT2D eigenvalue weighted by atomic mass is 10.0. The molecule has 1 unspecified atom stereocenters. The Labute approximate surface area is 114 Å². The summed E-state index contributed by atoms with van der Waals surface area (Å²) in [4.78, 5) is 0. The normalized spacial score (nSPS) is 12.3. The van der Waals surface area contributed by atoms with Gasteiger partial charge in [-0.2, -0.15) is 0 Å². The van der Waals surface area contributed by atoms with Gasteiger partial charge in [-0.3, -0.25) is 0 Å². The molecule has 2 heteroatoms. The maximum Gasteiger partial charge on any atom is 0.146 e. The van der Waals surface area contributed by atoms with E-state index in [0.29, 0.717) is 5.69 Å². The van der Waals surface area contributed by atoms with E-state index in [1.165, 1.54) is 22.8 Å². The zero-order chi connectivity index (χ0) is 14.0. The molecule has 0 bridgehead atoms. The van der Waals surface area contributed by atoms with E-state index in [-0.39, 0.29) is 11.9 Å². The molecule has 0 amide bonds. The number of rotatable bonds is 3. The van der Waals surface area contributed by atoms with E-state index < -0.39 is 0 Å². The lowest BCUT2D eigenvalue weighted by Crippen LogP contribution is -2.09. The third-order valence-corrected chi connectivity index (χ3v) is 3.33. The molecule has 1 N–H and O–H groups in total. The minimum atomic E-state index is -0.198. The first-order valence-electron chi connectivity index (χ1n) is 6.57. The number of hydrogen-bond donors (Lipinski definition) is 1. The number of benzene rings is 2. The summed E-state index contributed by atoms with van der Waals surface area (Å²) in [6.07, 6.45) is 0. The van der Waals surface area contributed by atoms with Gasteiger partial charge in [0.15, 0.2) is 0 Å². The Bertz CT molecular complexity index is 549. The van der Waals surface area contributed by atoms with E-state index in [1.807, 2.05) is 13.0 Å². The molecule has 0 aliphatic carbocycles. The van der Waals surface area contributed by atoms with E-state index >= 15 is 0 Å². The van der Waals surface area contributed by atoms with Crippen LogP contribution in [-0.4, -0.2) is 0 Å². The van der Waals surface area contributed by atoms with Gasteiger partial charge in [-0.1, -0.05) is 41.5 Å². The quantitative estimate of drug-likeness (QED) is 0.822. The molecule has 0 fully saturated rings. The van der Waals surface area contributed by atoms with E-state index in [0.717, 1.165) is 5.56 Å². The molecule has 2 aromatic carbocycles. The van der Waals surface area contributed by atoms with E-state index in [9.17, 15) is 4.39 Å². The Morgan fingerprint density at radius 3 is 2.21 bits per heavy atom. The van der Waals surface area contributed by atoms with Crippen LogP contribution in [-0.2, 0) is 0 Å². The molecule has 1 atom stereocenters. The average molecular weight is 257 g/mol. The standard InChI is InChI=1S/C17H20FN/c1-11-8-12(2)10-15(9-11)14(4)19-17-13(3)6-5-7-16(17)18/h5-10,14,19H,1-4H3. The average Bonchev–Trinajstić information content (AvgIpc) is 2.32. The van der Waals surface area contributed by atoms with Gasteiger partial charge >= 0.3 is 0 Å². The van der Waals surface area contributed by atoms with Crippen LogP contribution in [0.4, 0.5) is 10.1 Å². The second kappa shape index (κ2) is 5.43. The molecular weight excluding hydrogens is 237 g/mol. The molecule has 0 saturated carbocycles. The minimum absolute atomic E-state index is 0.0780. The van der Waals surface area contributed by atoms with Crippen molar-refractivity contribution in [1.29, 1.82) is 0 Å². The van der Waals surface area contributed by atoms with Crippen LogP contribution < -0.4 is 5.32 Å². The topological polar surface area (TPSA) is 12.0 Å². The van der Waals surface area contributed by atoms with Crippen molar-refractivity contribution in [1.82, 2.24) is 0 Å². The van der Waals surface area contributed by atoms with Crippen molar-refractivity contribution < 1.29 is 4.39 Å². The van der Waals surface area contributed by atoms with Crippen molar-refractivity contribution in [3.05, 3.63) is 64.5 Å². The van der Waals surface area contributed by atoms with Gasteiger partial charge in [0.25, 0.3) is 0 Å². The maximum atomic E-state index is 13.8. The molecule has 0 aliphatic heterocycles. The molecule has 0 spiro atoms. The summed E-state index contributed by atoms with van der Waals surface area (Å²) in [5.41, 5.74) is 5.16. The van der Waals surface area contributed by atoms with Gasteiger partial charge in [0.2, 0.25) is 0 Å². The monoisotopic (exact) mass is 257 g/mol. The number of aryl methyl sites for hydroxylation is 3. The molecule has 2 rings (SSSR count). The van der Waals surface area contributed by atoms with E-state index in [4.69, 9.17) is 0 Å². The predicted octanol–water partition coefficient (Wildman–Crippen LogP) is 4.92. The molecule has 19 heavy (non-hydrogen) atoms. The molecular formula is C17H20FN. The minimum Gasteiger partial charge on any atom is -0.376 e. The van der Waals surface area contributed by atoms with Crippen LogP contribution in [0.5, 0.6) is 0 Å². The highest BCUT2D eigenvalue weighted by Gasteiger charge is 2.11. The van der Waals surface area contributed by atoms with Gasteiger partial charge in [-0.25, -0.2) is 4.39 Å². The Morgan fingerprint density at radius 1 is 1.00 bits per heavy atom. The lowest BCUT2D eigenvalue weighted by molar-refractivity contribution is 0.626. The molecule has 0 aliphatic rings. The number of anilines is 1. The van der Waals surface area contributed by atoms with Gasteiger partial charge in [0.05, 0.1) is 5.69 Å². The second-order valence-corrected chi connectivity index (χ2v) is 5.22. The van der Waals surface area contributed by atoms with Crippen LogP contribution in [0.25, 0.3) is 0 Å². The number of hydrogen-bond acceptors (Lipinski definition) is 1. The molecule has 100 valence electrons. The fourth-order valence-corrected chi connectivity index (χ4v) is 2.37. The number of nitrogens with one attached hydrogen (secondary N) is 1. The van der Waals surface area contributed by atoms with Crippen molar-refractivity contribution in [2.75, 3.05) is 5.32 Å². The Kier molecular flexibility index (Phi) is 3.89. The SMILES string of the molecule is Cc1cc(C)cc(C(C)Nc2c(C)cccc2F)c1. The summed E-state index contributed by atoms with van der Waals surface area (Å²) in [7, 11) is 0. The first-order chi connectivity index (χ1) is 8.97. The molecule has 0 saturated heterocycles. The van der Waals surface area contributed by atoms with Crippen LogP contribution in [0.2, 0.25) is 0 Å². The van der Waals surface area contributed by atoms with Gasteiger partial charge in [0, 0.05) is 6.04 Å². The maximum absolute atomic E-state index is 13.8. The molecule has 1 nitrogen and oxygen atoms in total. The van der Waals surface area contributed by atoms with E-state index in [1.54, 1.807) is 6.07 Å². The summed E-state index contributed by atoms with van der Waals surface area (Å²) < 4.78 is 13.8. The van der Waals surface area contributed by atoms with Crippen LogP contribution in [0.3, 0.4) is 0 Å². The summed E-state index contributed by atoms with van der Waals surface area (Å²) in [5, 5.41) is 3.27. The summed E-state index contributed by atoms with van der Waals surface area (Å²) >= 11 is 0. The first-order valence-corrected chi connectivity index (χ1v) is 6.57. The highest BCUT2D eigenvalue weighted by atomic mass is 19.1. The fourth-order valence-electron chi connectivity index (χ4n) is 2.37. The van der Waals surface area contributed by atoms with Gasteiger partial charge < -0.3 is 5.32 Å². The highest BCUT2D eigenvalue weighted by Crippen LogP contribution is 2.25. The number of para-hydroxylation sites is 1. The summed E-state index contributed by atoms with van der Waals surface area (Å²) in [5.74, 6) is -0.198. The summed E-state index contributed by atoms with van der Waals surface area (Å²) in [6, 6.07) is 11.6. The second-order valence-electron chi connectivity index (χ2n) is 5.22. The van der Waals surface area contributed by atoms with Gasteiger partial charge in [-0.15, -0.1) is 0 Å². The van der Waals surface area contributed by atoms with Crippen molar-refractivity contribution in [2.45, 2.75) is 33.7 Å². The summed E-state index contributed by atoms with van der Waals surface area (Å²) in [6.45, 7) is 8.13. The van der Waals surface area contributed by atoms with Crippen LogP contribution in [0.1, 0.15) is 35.2 Å². The smallest absolute Gasteiger partial charge is 0.146 e. The van der Waals surface area contributed by atoms with Crippen molar-refractivity contribution in [2.24, 2.45) is 0 Å². The fraction of sp³-hybridized carbons (Fsp3) is 0.294. The third kappa shape index (κ3) is 3.14. The molecule has 2 aromatic rings.